The van der Waals surface area contributed by atoms with E-state index in [0.29, 0.717) is 6.61 Å². The first-order valence-corrected chi connectivity index (χ1v) is 5.24. The SMILES string of the molecule is C=CCC1(COCOC)C=CC(=O)C(C)=C1. The molecule has 0 aliphatic heterocycles. The normalized spacial score (nSPS) is 24.4. The van der Waals surface area contributed by atoms with E-state index < -0.39 is 0 Å². The van der Waals surface area contributed by atoms with Crippen molar-refractivity contribution in [2.24, 2.45) is 5.41 Å². The Morgan fingerprint density at radius 3 is 2.88 bits per heavy atom. The molecule has 1 atom stereocenters. The van der Waals surface area contributed by atoms with Crippen LogP contribution in [0.25, 0.3) is 0 Å². The Hall–Kier alpha value is -1.19. The van der Waals surface area contributed by atoms with Crippen molar-refractivity contribution in [3.8, 4) is 0 Å². The summed E-state index contributed by atoms with van der Waals surface area (Å²) in [6.07, 6.45) is 8.03. The number of carbonyl (C=O) groups excluding carboxylic acids is 1. The third-order valence-corrected chi connectivity index (χ3v) is 2.56. The van der Waals surface area contributed by atoms with E-state index in [1.807, 2.05) is 25.2 Å². The van der Waals surface area contributed by atoms with Crippen LogP contribution >= 0.6 is 0 Å². The molecule has 0 aromatic carbocycles. The Labute approximate surface area is 96.4 Å². The van der Waals surface area contributed by atoms with Gasteiger partial charge in [-0.25, -0.2) is 0 Å². The van der Waals surface area contributed by atoms with Crippen LogP contribution in [-0.2, 0) is 14.3 Å². The van der Waals surface area contributed by atoms with Crippen LogP contribution in [0.4, 0.5) is 0 Å². The average molecular weight is 222 g/mol. The van der Waals surface area contributed by atoms with E-state index in [1.54, 1.807) is 13.2 Å². The van der Waals surface area contributed by atoms with Crippen LogP contribution in [0.2, 0.25) is 0 Å². The van der Waals surface area contributed by atoms with Gasteiger partial charge in [-0.2, -0.15) is 0 Å². The van der Waals surface area contributed by atoms with Gasteiger partial charge in [-0.3, -0.25) is 4.79 Å². The summed E-state index contributed by atoms with van der Waals surface area (Å²) >= 11 is 0. The van der Waals surface area contributed by atoms with Gasteiger partial charge in [0.05, 0.1) is 6.61 Å². The molecule has 0 N–H and O–H groups in total. The highest BCUT2D eigenvalue weighted by atomic mass is 16.7. The lowest BCUT2D eigenvalue weighted by atomic mass is 9.79. The van der Waals surface area contributed by atoms with Crippen LogP contribution < -0.4 is 0 Å². The summed E-state index contributed by atoms with van der Waals surface area (Å²) in [5.74, 6) is 0.0615. The lowest BCUT2D eigenvalue weighted by molar-refractivity contribution is -0.111. The van der Waals surface area contributed by atoms with Gasteiger partial charge in [0.15, 0.2) is 5.78 Å². The Morgan fingerprint density at radius 2 is 2.31 bits per heavy atom. The maximum atomic E-state index is 11.4. The van der Waals surface area contributed by atoms with Crippen LogP contribution in [0.3, 0.4) is 0 Å². The molecule has 16 heavy (non-hydrogen) atoms. The molecule has 1 rings (SSSR count). The molecule has 0 saturated heterocycles. The van der Waals surface area contributed by atoms with Gasteiger partial charge in [0.2, 0.25) is 0 Å². The Balaban J connectivity index is 2.77. The van der Waals surface area contributed by atoms with Gasteiger partial charge in [-0.1, -0.05) is 18.2 Å². The molecule has 0 aromatic heterocycles. The molecule has 0 spiro atoms. The molecule has 88 valence electrons. The first-order chi connectivity index (χ1) is 7.63. The highest BCUT2D eigenvalue weighted by Crippen LogP contribution is 2.31. The van der Waals surface area contributed by atoms with Crippen molar-refractivity contribution in [1.29, 1.82) is 0 Å². The first kappa shape index (κ1) is 12.9. The molecular formula is C13H18O3. The van der Waals surface area contributed by atoms with Gasteiger partial charge in [0, 0.05) is 12.5 Å². The van der Waals surface area contributed by atoms with E-state index in [2.05, 4.69) is 6.58 Å². The molecule has 0 radical (unpaired) electrons. The number of carbonyl (C=O) groups is 1. The van der Waals surface area contributed by atoms with Crippen LogP contribution in [0.15, 0.2) is 36.5 Å². The number of rotatable bonds is 6. The maximum Gasteiger partial charge on any atom is 0.180 e. The van der Waals surface area contributed by atoms with E-state index in [4.69, 9.17) is 9.47 Å². The minimum atomic E-state index is -0.252. The van der Waals surface area contributed by atoms with Crippen molar-refractivity contribution in [3.63, 3.8) is 0 Å². The Morgan fingerprint density at radius 1 is 1.56 bits per heavy atom. The van der Waals surface area contributed by atoms with E-state index in [0.717, 1.165) is 12.0 Å². The standard InChI is InChI=1S/C13H18O3/c1-4-6-13(9-16-10-15-3)7-5-12(14)11(2)8-13/h4-5,7-8H,1,6,9-10H2,2-3H3. The third kappa shape index (κ3) is 3.15. The summed E-state index contributed by atoms with van der Waals surface area (Å²) in [7, 11) is 1.58. The number of hydrogen-bond acceptors (Lipinski definition) is 3. The molecule has 3 nitrogen and oxygen atoms in total. The Kier molecular flexibility index (Phi) is 4.65. The summed E-state index contributed by atoms with van der Waals surface area (Å²) in [6, 6.07) is 0. The fourth-order valence-electron chi connectivity index (χ4n) is 1.78. The monoisotopic (exact) mass is 222 g/mol. The van der Waals surface area contributed by atoms with E-state index in [9.17, 15) is 4.79 Å². The highest BCUT2D eigenvalue weighted by Gasteiger charge is 2.27. The van der Waals surface area contributed by atoms with E-state index in [-0.39, 0.29) is 18.0 Å². The minimum absolute atomic E-state index is 0.0615. The predicted molar refractivity (Wildman–Crippen MR) is 63.0 cm³/mol. The molecule has 1 aliphatic rings. The zero-order chi connectivity index (χ0) is 12.0. The zero-order valence-corrected chi connectivity index (χ0v) is 9.86. The lowest BCUT2D eigenvalue weighted by Gasteiger charge is -2.28. The van der Waals surface area contributed by atoms with Crippen LogP contribution in [0, 0.1) is 5.41 Å². The van der Waals surface area contributed by atoms with Gasteiger partial charge in [0.25, 0.3) is 0 Å². The maximum absolute atomic E-state index is 11.4. The fourth-order valence-corrected chi connectivity index (χ4v) is 1.78. The van der Waals surface area contributed by atoms with Gasteiger partial charge in [0.1, 0.15) is 6.79 Å². The molecule has 0 amide bonds. The quantitative estimate of drug-likeness (QED) is 0.393. The molecule has 0 heterocycles. The van der Waals surface area contributed by atoms with Gasteiger partial charge in [-0.15, -0.1) is 6.58 Å². The minimum Gasteiger partial charge on any atom is -0.359 e. The van der Waals surface area contributed by atoms with Crippen LogP contribution in [-0.4, -0.2) is 26.3 Å². The van der Waals surface area contributed by atoms with Crippen molar-refractivity contribution < 1.29 is 14.3 Å². The molecule has 3 heteroatoms. The number of methoxy groups -OCH3 is 1. The van der Waals surface area contributed by atoms with E-state index >= 15 is 0 Å². The largest absolute Gasteiger partial charge is 0.359 e. The first-order valence-electron chi connectivity index (χ1n) is 5.24. The third-order valence-electron chi connectivity index (χ3n) is 2.56. The second-order valence-electron chi connectivity index (χ2n) is 4.01. The van der Waals surface area contributed by atoms with E-state index in [1.165, 1.54) is 0 Å². The van der Waals surface area contributed by atoms with Crippen molar-refractivity contribution in [1.82, 2.24) is 0 Å². The Bertz CT molecular complexity index is 328. The lowest BCUT2D eigenvalue weighted by Crippen LogP contribution is -2.26. The molecular weight excluding hydrogens is 204 g/mol. The second kappa shape index (κ2) is 5.77. The summed E-state index contributed by atoms with van der Waals surface area (Å²) in [6.45, 7) is 6.31. The number of ketones is 1. The predicted octanol–water partition coefficient (Wildman–Crippen LogP) is 2.25. The van der Waals surface area contributed by atoms with Crippen molar-refractivity contribution >= 4 is 5.78 Å². The molecule has 1 unspecified atom stereocenters. The molecule has 0 fully saturated rings. The molecule has 0 saturated carbocycles. The second-order valence-corrected chi connectivity index (χ2v) is 4.01. The average Bonchev–Trinajstić information content (AvgIpc) is 2.25. The molecule has 0 aromatic rings. The summed E-state index contributed by atoms with van der Waals surface area (Å²) < 4.78 is 10.2. The zero-order valence-electron chi connectivity index (χ0n) is 9.86. The van der Waals surface area contributed by atoms with Gasteiger partial charge >= 0.3 is 0 Å². The number of allylic oxidation sites excluding steroid dienone is 3. The number of hydrogen-bond donors (Lipinski definition) is 0. The summed E-state index contributed by atoms with van der Waals surface area (Å²) in [4.78, 5) is 11.4. The molecule has 0 bridgehead atoms. The summed E-state index contributed by atoms with van der Waals surface area (Å²) in [5, 5.41) is 0. The van der Waals surface area contributed by atoms with Crippen molar-refractivity contribution in [3.05, 3.63) is 36.5 Å². The smallest absolute Gasteiger partial charge is 0.180 e. The van der Waals surface area contributed by atoms with Crippen molar-refractivity contribution in [2.45, 2.75) is 13.3 Å². The number of ether oxygens (including phenoxy) is 2. The van der Waals surface area contributed by atoms with Crippen LogP contribution in [0.1, 0.15) is 13.3 Å². The summed E-state index contributed by atoms with van der Waals surface area (Å²) in [5.41, 5.74) is 0.503. The van der Waals surface area contributed by atoms with Gasteiger partial charge in [-0.05, 0) is 25.0 Å². The molecule has 1 aliphatic carbocycles. The fraction of sp³-hybridized carbons (Fsp3) is 0.462. The topological polar surface area (TPSA) is 35.5 Å². The van der Waals surface area contributed by atoms with Crippen LogP contribution in [0.5, 0.6) is 0 Å². The van der Waals surface area contributed by atoms with Crippen molar-refractivity contribution in [2.75, 3.05) is 20.5 Å². The highest BCUT2D eigenvalue weighted by molar-refractivity contribution is 6.04. The van der Waals surface area contributed by atoms with Gasteiger partial charge < -0.3 is 9.47 Å².